The molecule has 0 bridgehead atoms. The smallest absolute Gasteiger partial charge is 0.222 e. The number of carbonyl (C=O) groups excluding carboxylic acids is 1. The lowest BCUT2D eigenvalue weighted by Crippen LogP contribution is -2.52. The van der Waals surface area contributed by atoms with Gasteiger partial charge < -0.3 is 4.90 Å². The van der Waals surface area contributed by atoms with E-state index >= 15 is 0 Å². The van der Waals surface area contributed by atoms with Gasteiger partial charge in [0, 0.05) is 36.1 Å². The summed E-state index contributed by atoms with van der Waals surface area (Å²) in [6.45, 7) is 9.50. The Balaban J connectivity index is 2.49. The second kappa shape index (κ2) is 5.30. The Morgan fingerprint density at radius 3 is 2.56 bits per heavy atom. The van der Waals surface area contributed by atoms with Gasteiger partial charge in [-0.1, -0.05) is 13.8 Å². The molecule has 1 unspecified atom stereocenters. The third kappa shape index (κ3) is 3.58. The van der Waals surface area contributed by atoms with E-state index in [4.69, 9.17) is 0 Å². The summed E-state index contributed by atoms with van der Waals surface area (Å²) in [5.74, 6) is 1.41. The quantitative estimate of drug-likeness (QED) is 0.760. The molecule has 1 aliphatic rings. The molecule has 1 fully saturated rings. The molecule has 1 atom stereocenters. The van der Waals surface area contributed by atoms with Crippen LogP contribution in [-0.2, 0) is 15.6 Å². The Morgan fingerprint density at radius 2 is 2.06 bits per heavy atom. The molecular weight excluding hydrogens is 222 g/mol. The zero-order valence-corrected chi connectivity index (χ0v) is 11.6. The van der Waals surface area contributed by atoms with Crippen molar-refractivity contribution in [2.24, 2.45) is 5.92 Å². The highest BCUT2D eigenvalue weighted by Crippen LogP contribution is 2.21. The van der Waals surface area contributed by atoms with Crippen LogP contribution in [0.5, 0.6) is 0 Å². The number of hydrogen-bond acceptors (Lipinski definition) is 2. The van der Waals surface area contributed by atoms with Crippen LogP contribution in [0.25, 0.3) is 0 Å². The normalized spacial score (nSPS) is 24.8. The monoisotopic (exact) mass is 245 g/mol. The fourth-order valence-electron chi connectivity index (χ4n) is 1.86. The minimum atomic E-state index is -0.794. The summed E-state index contributed by atoms with van der Waals surface area (Å²) in [5.41, 5.74) is 0. The van der Waals surface area contributed by atoms with Gasteiger partial charge in [-0.15, -0.1) is 0 Å². The van der Waals surface area contributed by atoms with Crippen LogP contribution in [0.4, 0.5) is 0 Å². The highest BCUT2D eigenvalue weighted by atomic mass is 32.2. The molecule has 16 heavy (non-hydrogen) atoms. The van der Waals surface area contributed by atoms with E-state index in [2.05, 4.69) is 13.8 Å². The van der Waals surface area contributed by atoms with Gasteiger partial charge in [-0.05, 0) is 26.2 Å². The first kappa shape index (κ1) is 13.7. The van der Waals surface area contributed by atoms with Crippen molar-refractivity contribution < 1.29 is 9.00 Å². The van der Waals surface area contributed by atoms with E-state index in [1.165, 1.54) is 0 Å². The van der Waals surface area contributed by atoms with Gasteiger partial charge in [0.2, 0.25) is 5.91 Å². The maximum atomic E-state index is 11.9. The van der Waals surface area contributed by atoms with E-state index in [1.807, 2.05) is 18.7 Å². The molecule has 0 aliphatic carbocycles. The van der Waals surface area contributed by atoms with Crippen molar-refractivity contribution in [2.75, 3.05) is 18.8 Å². The van der Waals surface area contributed by atoms with Crippen LogP contribution in [0, 0.1) is 5.92 Å². The zero-order valence-electron chi connectivity index (χ0n) is 10.8. The van der Waals surface area contributed by atoms with Crippen molar-refractivity contribution in [3.8, 4) is 0 Å². The highest BCUT2D eigenvalue weighted by Gasteiger charge is 2.34. The van der Waals surface area contributed by atoms with Crippen LogP contribution in [0.15, 0.2) is 0 Å². The van der Waals surface area contributed by atoms with Crippen molar-refractivity contribution in [3.05, 3.63) is 0 Å². The molecule has 1 heterocycles. The lowest BCUT2D eigenvalue weighted by Gasteiger charge is -2.37. The summed E-state index contributed by atoms with van der Waals surface area (Å²) in [7, 11) is -0.794. The molecular formula is C12H23NO2S. The Hall–Kier alpha value is -0.380. The number of carbonyl (C=O) groups is 1. The lowest BCUT2D eigenvalue weighted by atomic mass is 10.1. The molecule has 94 valence electrons. The van der Waals surface area contributed by atoms with Crippen LogP contribution in [0.1, 0.15) is 40.5 Å². The molecule has 0 N–H and O–H groups in total. The minimum absolute atomic E-state index is 0.221. The molecule has 1 rings (SSSR count). The van der Waals surface area contributed by atoms with Crippen LogP contribution in [0.2, 0.25) is 0 Å². The van der Waals surface area contributed by atoms with E-state index in [9.17, 15) is 9.00 Å². The maximum absolute atomic E-state index is 11.9. The topological polar surface area (TPSA) is 37.4 Å². The average Bonchev–Trinajstić information content (AvgIpc) is 2.18. The summed E-state index contributed by atoms with van der Waals surface area (Å²) in [4.78, 5) is 13.8. The van der Waals surface area contributed by atoms with Gasteiger partial charge in [-0.25, -0.2) is 0 Å². The van der Waals surface area contributed by atoms with Crippen molar-refractivity contribution in [1.82, 2.24) is 4.90 Å². The Kier molecular flexibility index (Phi) is 4.53. The Bertz CT molecular complexity index is 287. The van der Waals surface area contributed by atoms with Gasteiger partial charge in [0.25, 0.3) is 0 Å². The summed E-state index contributed by atoms with van der Waals surface area (Å²) >= 11 is 0. The van der Waals surface area contributed by atoms with Gasteiger partial charge in [0.1, 0.15) is 0 Å². The van der Waals surface area contributed by atoms with E-state index in [0.717, 1.165) is 6.42 Å². The van der Waals surface area contributed by atoms with E-state index in [1.54, 1.807) is 0 Å². The summed E-state index contributed by atoms with van der Waals surface area (Å²) in [6, 6.07) is 0. The van der Waals surface area contributed by atoms with Crippen molar-refractivity contribution >= 4 is 16.7 Å². The lowest BCUT2D eigenvalue weighted by molar-refractivity contribution is -0.131. The standard InChI is InChI=1S/C12H23NO2S/c1-10(2)5-6-11(14)13-7-8-16(15)12(3,4)9-13/h10H,5-9H2,1-4H3. The first-order chi connectivity index (χ1) is 7.33. The Labute approximate surface area is 101 Å². The molecule has 4 heteroatoms. The van der Waals surface area contributed by atoms with Crippen LogP contribution >= 0.6 is 0 Å². The van der Waals surface area contributed by atoms with Gasteiger partial charge in [0.05, 0.1) is 4.75 Å². The first-order valence-corrected chi connectivity index (χ1v) is 7.31. The zero-order chi connectivity index (χ0) is 12.3. The number of hydrogen-bond donors (Lipinski definition) is 0. The number of rotatable bonds is 3. The third-order valence-electron chi connectivity index (χ3n) is 3.02. The molecule has 0 aromatic carbocycles. The molecule has 1 aliphatic heterocycles. The second-order valence-corrected chi connectivity index (χ2v) is 7.76. The van der Waals surface area contributed by atoms with E-state index < -0.39 is 10.8 Å². The summed E-state index contributed by atoms with van der Waals surface area (Å²) in [6.07, 6.45) is 1.57. The molecule has 0 aromatic heterocycles. The van der Waals surface area contributed by atoms with Gasteiger partial charge in [-0.2, -0.15) is 0 Å². The molecule has 1 saturated heterocycles. The predicted octanol–water partition coefficient (Wildman–Crippen LogP) is 1.79. The predicted molar refractivity (Wildman–Crippen MR) is 67.7 cm³/mol. The van der Waals surface area contributed by atoms with Gasteiger partial charge >= 0.3 is 0 Å². The van der Waals surface area contributed by atoms with Gasteiger partial charge in [-0.3, -0.25) is 9.00 Å². The van der Waals surface area contributed by atoms with E-state index in [0.29, 0.717) is 31.2 Å². The molecule has 3 nitrogen and oxygen atoms in total. The van der Waals surface area contributed by atoms with Crippen LogP contribution in [-0.4, -0.2) is 38.6 Å². The molecule has 0 radical (unpaired) electrons. The molecule has 0 aromatic rings. The van der Waals surface area contributed by atoms with Crippen molar-refractivity contribution in [3.63, 3.8) is 0 Å². The van der Waals surface area contributed by atoms with Crippen molar-refractivity contribution in [2.45, 2.75) is 45.3 Å². The molecule has 1 amide bonds. The number of nitrogens with zero attached hydrogens (tertiary/aromatic N) is 1. The molecule has 0 saturated carbocycles. The van der Waals surface area contributed by atoms with Crippen molar-refractivity contribution in [1.29, 1.82) is 0 Å². The maximum Gasteiger partial charge on any atom is 0.222 e. The van der Waals surface area contributed by atoms with Crippen LogP contribution < -0.4 is 0 Å². The fraction of sp³-hybridized carbons (Fsp3) is 0.917. The second-order valence-electron chi connectivity index (χ2n) is 5.56. The van der Waals surface area contributed by atoms with E-state index in [-0.39, 0.29) is 10.7 Å². The average molecular weight is 245 g/mol. The number of amides is 1. The summed E-state index contributed by atoms with van der Waals surface area (Å²) < 4.78 is 11.5. The summed E-state index contributed by atoms with van der Waals surface area (Å²) in [5, 5.41) is 0. The largest absolute Gasteiger partial charge is 0.340 e. The Morgan fingerprint density at radius 1 is 1.44 bits per heavy atom. The van der Waals surface area contributed by atoms with Gasteiger partial charge in [0.15, 0.2) is 0 Å². The minimum Gasteiger partial charge on any atom is -0.340 e. The third-order valence-corrected chi connectivity index (χ3v) is 4.94. The SMILES string of the molecule is CC(C)CCC(=O)N1CCS(=O)C(C)(C)C1. The van der Waals surface area contributed by atoms with Crippen LogP contribution in [0.3, 0.4) is 0 Å². The first-order valence-electron chi connectivity index (χ1n) is 5.99. The fourth-order valence-corrected chi connectivity index (χ4v) is 3.10. The highest BCUT2D eigenvalue weighted by molar-refractivity contribution is 7.86. The molecule has 0 spiro atoms.